The lowest BCUT2D eigenvalue weighted by atomic mass is 10.4. The van der Waals surface area contributed by atoms with Gasteiger partial charge in [0.2, 0.25) is 0 Å². The summed E-state index contributed by atoms with van der Waals surface area (Å²) < 4.78 is 9.56. The van der Waals surface area contributed by atoms with Gasteiger partial charge in [-0.05, 0) is 48.0 Å². The highest BCUT2D eigenvalue weighted by atomic mass is 79.9. The summed E-state index contributed by atoms with van der Waals surface area (Å²) in [6.07, 6.45) is 3.54. The molecule has 0 N–H and O–H groups in total. The van der Waals surface area contributed by atoms with Crippen LogP contribution >= 0.6 is 15.9 Å². The monoisotopic (exact) mass is 348 g/mol. The molecule has 0 saturated heterocycles. The highest BCUT2D eigenvalue weighted by molar-refractivity contribution is 9.10. The molecule has 7 heteroatoms. The van der Waals surface area contributed by atoms with Crippen molar-refractivity contribution in [1.82, 2.24) is 19.6 Å². The minimum atomic E-state index is -0.270. The van der Waals surface area contributed by atoms with E-state index < -0.39 is 0 Å². The molecule has 0 aromatic carbocycles. The number of aryl methyl sites for hydroxylation is 2. The summed E-state index contributed by atoms with van der Waals surface area (Å²) in [6.45, 7) is 4.15. The molecule has 0 aliphatic carbocycles. The van der Waals surface area contributed by atoms with Crippen molar-refractivity contribution < 1.29 is 9.21 Å². The molecule has 6 nitrogen and oxygen atoms in total. The summed E-state index contributed by atoms with van der Waals surface area (Å²) in [4.78, 5) is 12.3. The molecule has 3 heterocycles. The number of carbonyl (C=O) groups is 1. The van der Waals surface area contributed by atoms with Gasteiger partial charge in [0.25, 0.3) is 0 Å². The number of aromatic nitrogens is 4. The summed E-state index contributed by atoms with van der Waals surface area (Å²) in [5, 5.41) is 8.31. The second-order valence-corrected chi connectivity index (χ2v) is 5.68. The largest absolute Gasteiger partial charge is 0.454 e. The van der Waals surface area contributed by atoms with E-state index in [0.717, 1.165) is 15.9 Å². The van der Waals surface area contributed by atoms with Crippen molar-refractivity contribution in [2.75, 3.05) is 0 Å². The number of rotatable bonds is 3. The van der Waals surface area contributed by atoms with Crippen molar-refractivity contribution in [3.05, 3.63) is 58.0 Å². The van der Waals surface area contributed by atoms with Gasteiger partial charge < -0.3 is 4.42 Å². The van der Waals surface area contributed by atoms with E-state index in [1.807, 2.05) is 26.1 Å². The number of carbonyl (C=O) groups excluding carboxylic acids is 1. The molecule has 0 saturated carbocycles. The topological polar surface area (TPSA) is 65.8 Å². The van der Waals surface area contributed by atoms with Crippen LogP contribution in [0.3, 0.4) is 0 Å². The molecule has 0 spiro atoms. The molecular weight excluding hydrogens is 336 g/mol. The van der Waals surface area contributed by atoms with Crippen molar-refractivity contribution in [2.24, 2.45) is 0 Å². The molecule has 0 aliphatic rings. The second-order valence-electron chi connectivity index (χ2n) is 4.77. The van der Waals surface area contributed by atoms with Crippen LogP contribution in [-0.4, -0.2) is 25.5 Å². The van der Waals surface area contributed by atoms with Gasteiger partial charge in [0.05, 0.1) is 22.9 Å². The third kappa shape index (κ3) is 2.82. The van der Waals surface area contributed by atoms with Crippen molar-refractivity contribution in [2.45, 2.75) is 20.4 Å². The predicted molar refractivity (Wildman–Crippen MR) is 79.2 cm³/mol. The summed E-state index contributed by atoms with van der Waals surface area (Å²) in [5.74, 6) is 0.659. The van der Waals surface area contributed by atoms with E-state index in [4.69, 9.17) is 4.42 Å². The molecule has 0 amide bonds. The molecule has 0 bridgehead atoms. The summed E-state index contributed by atoms with van der Waals surface area (Å²) >= 11 is 3.34. The van der Waals surface area contributed by atoms with Crippen molar-refractivity contribution in [3.63, 3.8) is 0 Å². The lowest BCUT2D eigenvalue weighted by molar-refractivity contribution is 0.0912. The van der Waals surface area contributed by atoms with Gasteiger partial charge in [-0.1, -0.05) is 0 Å². The molecule has 108 valence electrons. The first-order valence-corrected chi connectivity index (χ1v) is 7.17. The number of nitrogens with zero attached hydrogens (tertiary/aromatic N) is 4. The Morgan fingerprint density at radius 1 is 1.38 bits per heavy atom. The van der Waals surface area contributed by atoms with Gasteiger partial charge in [0, 0.05) is 11.9 Å². The highest BCUT2D eigenvalue weighted by Gasteiger charge is 2.16. The number of hydrogen-bond acceptors (Lipinski definition) is 4. The van der Waals surface area contributed by atoms with Crippen LogP contribution in [0, 0.1) is 13.8 Å². The summed E-state index contributed by atoms with van der Waals surface area (Å²) in [6, 6.07) is 5.28. The number of hydrogen-bond donors (Lipinski definition) is 0. The molecular formula is C14H13BrN4O2. The Morgan fingerprint density at radius 3 is 2.81 bits per heavy atom. The van der Waals surface area contributed by atoms with E-state index in [-0.39, 0.29) is 11.7 Å². The van der Waals surface area contributed by atoms with E-state index in [9.17, 15) is 4.79 Å². The Kier molecular flexibility index (Phi) is 3.50. The van der Waals surface area contributed by atoms with E-state index in [0.29, 0.717) is 12.3 Å². The van der Waals surface area contributed by atoms with Crippen LogP contribution in [0.5, 0.6) is 0 Å². The average Bonchev–Trinajstić information content (AvgIpc) is 3.11. The molecule has 3 aromatic rings. The Balaban J connectivity index is 1.81. The third-order valence-corrected chi connectivity index (χ3v) is 3.40. The standard InChI is InChI=1S/C14H13BrN4O2/c1-9-5-10(2)19(17-9)14(20)13-4-3-12(21-13)8-18-7-11(15)6-16-18/h3-7H,8H2,1-2H3. The zero-order valence-electron chi connectivity index (χ0n) is 11.6. The third-order valence-electron chi connectivity index (χ3n) is 2.99. The van der Waals surface area contributed by atoms with E-state index in [1.165, 1.54) is 4.68 Å². The van der Waals surface area contributed by atoms with Crippen LogP contribution in [0.1, 0.15) is 27.7 Å². The van der Waals surface area contributed by atoms with Crippen molar-refractivity contribution in [1.29, 1.82) is 0 Å². The van der Waals surface area contributed by atoms with E-state index >= 15 is 0 Å². The average molecular weight is 349 g/mol. The first-order chi connectivity index (χ1) is 10.0. The van der Waals surface area contributed by atoms with Crippen molar-refractivity contribution >= 4 is 21.8 Å². The maximum absolute atomic E-state index is 12.3. The number of halogens is 1. The maximum atomic E-state index is 12.3. The molecule has 3 rings (SSSR count). The van der Waals surface area contributed by atoms with Gasteiger partial charge >= 0.3 is 5.91 Å². The maximum Gasteiger partial charge on any atom is 0.314 e. The van der Waals surface area contributed by atoms with Gasteiger partial charge in [0.15, 0.2) is 5.76 Å². The zero-order valence-corrected chi connectivity index (χ0v) is 13.2. The molecule has 21 heavy (non-hydrogen) atoms. The van der Waals surface area contributed by atoms with Crippen LogP contribution < -0.4 is 0 Å². The van der Waals surface area contributed by atoms with Crippen LogP contribution in [0.4, 0.5) is 0 Å². The quantitative estimate of drug-likeness (QED) is 0.729. The lowest BCUT2D eigenvalue weighted by Crippen LogP contribution is -2.14. The molecule has 0 atom stereocenters. The van der Waals surface area contributed by atoms with Gasteiger partial charge in [0.1, 0.15) is 5.76 Å². The van der Waals surface area contributed by atoms with Crippen LogP contribution in [0.25, 0.3) is 0 Å². The first kappa shape index (κ1) is 13.8. The van der Waals surface area contributed by atoms with Gasteiger partial charge in [-0.3, -0.25) is 9.48 Å². The highest BCUT2D eigenvalue weighted by Crippen LogP contribution is 2.14. The Morgan fingerprint density at radius 2 is 2.19 bits per heavy atom. The minimum Gasteiger partial charge on any atom is -0.454 e. The summed E-state index contributed by atoms with van der Waals surface area (Å²) in [7, 11) is 0. The Hall–Kier alpha value is -2.15. The Labute approximate surface area is 129 Å². The van der Waals surface area contributed by atoms with Gasteiger partial charge in [-0.2, -0.15) is 14.9 Å². The molecule has 0 fully saturated rings. The first-order valence-electron chi connectivity index (χ1n) is 6.37. The lowest BCUT2D eigenvalue weighted by Gasteiger charge is -2.00. The normalized spacial score (nSPS) is 11.0. The SMILES string of the molecule is Cc1cc(C)n(C(=O)c2ccc(Cn3cc(Br)cn3)o2)n1. The molecule has 0 radical (unpaired) electrons. The van der Waals surface area contributed by atoms with E-state index in [1.54, 1.807) is 23.0 Å². The fourth-order valence-corrected chi connectivity index (χ4v) is 2.43. The van der Waals surface area contributed by atoms with Crippen LogP contribution in [-0.2, 0) is 6.54 Å². The zero-order chi connectivity index (χ0) is 15.0. The molecule has 0 unspecified atom stereocenters. The van der Waals surface area contributed by atoms with E-state index in [2.05, 4.69) is 26.1 Å². The molecule has 3 aromatic heterocycles. The van der Waals surface area contributed by atoms with Gasteiger partial charge in [-0.15, -0.1) is 0 Å². The van der Waals surface area contributed by atoms with Crippen molar-refractivity contribution in [3.8, 4) is 0 Å². The molecule has 0 aliphatic heterocycles. The fourth-order valence-electron chi connectivity index (χ4n) is 2.10. The summed E-state index contributed by atoms with van der Waals surface area (Å²) in [5.41, 5.74) is 1.58. The Bertz CT molecular complexity index is 800. The second kappa shape index (κ2) is 5.33. The van der Waals surface area contributed by atoms with Crippen LogP contribution in [0.15, 0.2) is 39.5 Å². The number of furan rings is 1. The predicted octanol–water partition coefficient (Wildman–Crippen LogP) is 2.79. The van der Waals surface area contributed by atoms with Crippen LogP contribution in [0.2, 0.25) is 0 Å². The fraction of sp³-hybridized carbons (Fsp3) is 0.214. The minimum absolute atomic E-state index is 0.266. The van der Waals surface area contributed by atoms with Gasteiger partial charge in [-0.25, -0.2) is 0 Å². The smallest absolute Gasteiger partial charge is 0.314 e.